The average Bonchev–Trinajstić information content (AvgIpc) is 2.77. The Bertz CT molecular complexity index is 981. The lowest BCUT2D eigenvalue weighted by atomic mass is 10.2. The molecule has 0 aromatic heterocycles. The molecule has 2 aromatic carbocycles. The number of amides is 1. The third kappa shape index (κ3) is 5.52. The molecule has 1 amide bonds. The predicted octanol–water partition coefficient (Wildman–Crippen LogP) is 2.02. The zero-order chi connectivity index (χ0) is 20.7. The minimum atomic E-state index is -3.55. The van der Waals surface area contributed by atoms with Crippen LogP contribution in [-0.2, 0) is 14.8 Å². The van der Waals surface area contributed by atoms with Crippen LogP contribution in [-0.4, -0.2) is 62.6 Å². The molecule has 0 saturated carbocycles. The molecule has 1 aliphatic rings. The Balaban J connectivity index is 1.52. The first-order valence-corrected chi connectivity index (χ1v) is 10.7. The molecule has 1 fully saturated rings. The van der Waals surface area contributed by atoms with Gasteiger partial charge in [0.15, 0.2) is 12.9 Å². The molecule has 0 bridgehead atoms. The van der Waals surface area contributed by atoms with Gasteiger partial charge < -0.3 is 9.64 Å². The fraction of sp³-hybridized carbons (Fsp3) is 0.238. The molecule has 152 valence electrons. The third-order valence-electron chi connectivity index (χ3n) is 4.58. The Morgan fingerprint density at radius 1 is 0.966 bits per heavy atom. The highest BCUT2D eigenvalue weighted by Gasteiger charge is 2.27. The van der Waals surface area contributed by atoms with Crippen LogP contribution >= 0.6 is 0 Å². The van der Waals surface area contributed by atoms with Crippen molar-refractivity contribution in [2.75, 3.05) is 32.8 Å². The van der Waals surface area contributed by atoms with Gasteiger partial charge in [0.25, 0.3) is 5.91 Å². The molecular formula is C21H22N2O5S. The summed E-state index contributed by atoms with van der Waals surface area (Å²) in [4.78, 5) is 24.9. The third-order valence-corrected chi connectivity index (χ3v) is 6.15. The summed E-state index contributed by atoms with van der Waals surface area (Å²) in [6, 6.07) is 15.9. The van der Waals surface area contributed by atoms with Crippen LogP contribution in [0.5, 0.6) is 5.75 Å². The standard InChI is InChI=1S/C21H22N2O5S/c24-16-19-8-4-5-9-20(19)28-17-21(25)22-11-13-23(14-12-22)29(26,27)15-10-18-6-2-1-3-7-18/h1-10,15-16H,11-14,17H2/b15-10+. The van der Waals surface area contributed by atoms with Crippen molar-refractivity contribution in [2.24, 2.45) is 0 Å². The molecule has 1 saturated heterocycles. The first-order chi connectivity index (χ1) is 14.0. The van der Waals surface area contributed by atoms with Crippen molar-refractivity contribution >= 4 is 28.3 Å². The number of piperazine rings is 1. The molecule has 1 aliphatic heterocycles. The highest BCUT2D eigenvalue weighted by atomic mass is 32.2. The van der Waals surface area contributed by atoms with Crippen LogP contribution < -0.4 is 4.74 Å². The lowest BCUT2D eigenvalue weighted by Gasteiger charge is -2.33. The summed E-state index contributed by atoms with van der Waals surface area (Å²) in [7, 11) is -3.55. The molecule has 0 spiro atoms. The van der Waals surface area contributed by atoms with E-state index >= 15 is 0 Å². The van der Waals surface area contributed by atoms with Gasteiger partial charge in [-0.1, -0.05) is 42.5 Å². The Morgan fingerprint density at radius 3 is 2.31 bits per heavy atom. The number of hydrogen-bond acceptors (Lipinski definition) is 5. The molecule has 7 nitrogen and oxygen atoms in total. The lowest BCUT2D eigenvalue weighted by molar-refractivity contribution is -0.134. The Morgan fingerprint density at radius 2 is 1.62 bits per heavy atom. The highest BCUT2D eigenvalue weighted by molar-refractivity contribution is 7.92. The minimum Gasteiger partial charge on any atom is -0.483 e. The largest absolute Gasteiger partial charge is 0.483 e. The summed E-state index contributed by atoms with van der Waals surface area (Å²) in [6.07, 6.45) is 2.23. The number of ether oxygens (including phenoxy) is 1. The lowest BCUT2D eigenvalue weighted by Crippen LogP contribution is -2.51. The number of hydrogen-bond donors (Lipinski definition) is 0. The Kier molecular flexibility index (Phi) is 6.79. The maximum absolute atomic E-state index is 12.5. The molecule has 29 heavy (non-hydrogen) atoms. The maximum Gasteiger partial charge on any atom is 0.260 e. The predicted molar refractivity (Wildman–Crippen MR) is 110 cm³/mol. The number of nitrogens with zero attached hydrogens (tertiary/aromatic N) is 2. The first-order valence-electron chi connectivity index (χ1n) is 9.18. The van der Waals surface area contributed by atoms with Crippen LogP contribution in [0, 0.1) is 0 Å². The van der Waals surface area contributed by atoms with Gasteiger partial charge in [0, 0.05) is 31.6 Å². The van der Waals surface area contributed by atoms with Crippen molar-refractivity contribution < 1.29 is 22.7 Å². The zero-order valence-electron chi connectivity index (χ0n) is 15.8. The Hall–Kier alpha value is -2.97. The molecule has 8 heteroatoms. The topological polar surface area (TPSA) is 84.0 Å². The second-order valence-electron chi connectivity index (χ2n) is 6.48. The van der Waals surface area contributed by atoms with Gasteiger partial charge in [-0.15, -0.1) is 0 Å². The SMILES string of the molecule is O=Cc1ccccc1OCC(=O)N1CCN(S(=O)(=O)/C=C/c2ccccc2)CC1. The van der Waals surface area contributed by atoms with Gasteiger partial charge in [-0.05, 0) is 23.8 Å². The summed E-state index contributed by atoms with van der Waals surface area (Å²) >= 11 is 0. The molecule has 0 radical (unpaired) electrons. The summed E-state index contributed by atoms with van der Waals surface area (Å²) in [5.41, 5.74) is 1.18. The normalized spacial score (nSPS) is 15.4. The van der Waals surface area contributed by atoms with Crippen LogP contribution in [0.15, 0.2) is 60.0 Å². The molecule has 2 aromatic rings. The van der Waals surface area contributed by atoms with E-state index in [1.165, 1.54) is 9.71 Å². The van der Waals surface area contributed by atoms with Gasteiger partial charge in [-0.2, -0.15) is 4.31 Å². The van der Waals surface area contributed by atoms with E-state index < -0.39 is 10.0 Å². The molecule has 0 unspecified atom stereocenters. The molecule has 0 aliphatic carbocycles. The van der Waals surface area contributed by atoms with Gasteiger partial charge in [-0.25, -0.2) is 8.42 Å². The number of para-hydroxylation sites is 1. The van der Waals surface area contributed by atoms with Crippen LogP contribution in [0.3, 0.4) is 0 Å². The summed E-state index contributed by atoms with van der Waals surface area (Å²) < 4.78 is 31.8. The van der Waals surface area contributed by atoms with Gasteiger partial charge in [0.05, 0.1) is 5.56 Å². The van der Waals surface area contributed by atoms with Crippen molar-refractivity contribution in [3.63, 3.8) is 0 Å². The number of benzene rings is 2. The van der Waals surface area contributed by atoms with Crippen molar-refractivity contribution in [3.8, 4) is 5.75 Å². The van der Waals surface area contributed by atoms with E-state index in [4.69, 9.17) is 4.74 Å². The van der Waals surface area contributed by atoms with Crippen molar-refractivity contribution in [3.05, 3.63) is 71.1 Å². The van der Waals surface area contributed by atoms with Crippen molar-refractivity contribution in [2.45, 2.75) is 0 Å². The molecule has 0 N–H and O–H groups in total. The molecular weight excluding hydrogens is 392 g/mol. The van der Waals surface area contributed by atoms with Gasteiger partial charge >= 0.3 is 0 Å². The summed E-state index contributed by atoms with van der Waals surface area (Å²) in [5, 5.41) is 1.19. The second-order valence-corrected chi connectivity index (χ2v) is 8.30. The maximum atomic E-state index is 12.5. The zero-order valence-corrected chi connectivity index (χ0v) is 16.6. The van der Waals surface area contributed by atoms with E-state index in [-0.39, 0.29) is 38.7 Å². The molecule has 0 atom stereocenters. The van der Waals surface area contributed by atoms with E-state index in [0.717, 1.165) is 5.56 Å². The number of rotatable bonds is 7. The average molecular weight is 414 g/mol. The quantitative estimate of drug-likeness (QED) is 0.648. The fourth-order valence-corrected chi connectivity index (χ4v) is 4.12. The van der Waals surface area contributed by atoms with Gasteiger partial charge in [-0.3, -0.25) is 9.59 Å². The minimum absolute atomic E-state index is 0.203. The summed E-state index contributed by atoms with van der Waals surface area (Å²) in [6.45, 7) is 0.813. The first kappa shape index (κ1) is 20.8. The van der Waals surface area contributed by atoms with E-state index in [9.17, 15) is 18.0 Å². The number of carbonyl (C=O) groups excluding carboxylic acids is 2. The van der Waals surface area contributed by atoms with Crippen LogP contribution in [0.1, 0.15) is 15.9 Å². The molecule has 1 heterocycles. The van der Waals surface area contributed by atoms with Crippen molar-refractivity contribution in [1.82, 2.24) is 9.21 Å². The van der Waals surface area contributed by atoms with Gasteiger partial charge in [0.1, 0.15) is 5.75 Å². The summed E-state index contributed by atoms with van der Waals surface area (Å²) in [5.74, 6) is 0.102. The number of aldehydes is 1. The van der Waals surface area contributed by atoms with Crippen LogP contribution in [0.4, 0.5) is 0 Å². The number of carbonyl (C=O) groups is 2. The molecule has 3 rings (SSSR count). The van der Waals surface area contributed by atoms with Crippen LogP contribution in [0.2, 0.25) is 0 Å². The van der Waals surface area contributed by atoms with Gasteiger partial charge in [0.2, 0.25) is 10.0 Å². The second kappa shape index (κ2) is 9.49. The monoisotopic (exact) mass is 414 g/mol. The van der Waals surface area contributed by atoms with Crippen molar-refractivity contribution in [1.29, 1.82) is 0 Å². The number of sulfonamides is 1. The van der Waals surface area contributed by atoms with E-state index in [2.05, 4.69) is 0 Å². The Labute approximate surface area is 170 Å². The van der Waals surface area contributed by atoms with E-state index in [1.54, 1.807) is 35.2 Å². The fourth-order valence-electron chi connectivity index (χ4n) is 2.95. The highest BCUT2D eigenvalue weighted by Crippen LogP contribution is 2.16. The van der Waals surface area contributed by atoms with Crippen LogP contribution in [0.25, 0.3) is 6.08 Å². The van der Waals surface area contributed by atoms with E-state index in [1.807, 2.05) is 30.3 Å². The smallest absolute Gasteiger partial charge is 0.260 e. The van der Waals surface area contributed by atoms with E-state index in [0.29, 0.717) is 17.6 Å².